The number of carboxylic acid groups (broad SMARTS) is 1. The third-order valence-corrected chi connectivity index (χ3v) is 5.60. The number of carbonyl (C=O) groups is 3. The van der Waals surface area contributed by atoms with Gasteiger partial charge in [-0.25, -0.2) is 0 Å². The van der Waals surface area contributed by atoms with E-state index in [2.05, 4.69) is 0 Å². The largest absolute Gasteiger partial charge is 0.481 e. The molecule has 6 heteroatoms. The molecule has 140 valence electrons. The fourth-order valence-corrected chi connectivity index (χ4v) is 3.85. The molecule has 3 rings (SSSR count). The highest BCUT2D eigenvalue weighted by Gasteiger charge is 2.33. The number of carbonyl (C=O) groups excluding carboxylic acids is 2. The first kappa shape index (κ1) is 18.4. The summed E-state index contributed by atoms with van der Waals surface area (Å²) in [5.41, 5.74) is 1.80. The van der Waals surface area contributed by atoms with Crippen LogP contribution >= 0.6 is 0 Å². The van der Waals surface area contributed by atoms with Crippen LogP contribution in [-0.4, -0.2) is 58.9 Å². The molecule has 0 unspecified atom stereocenters. The maximum absolute atomic E-state index is 12.7. The standard InChI is InChI=1S/C20H26N2O4/c1-14-2-4-15(5-3-14)18(23)21-10-12-22(13-11-21)19(24)16-6-8-17(9-7-16)20(25)26/h2-5,16-17H,6-13H2,1H3,(H,25,26). The van der Waals surface area contributed by atoms with Gasteiger partial charge in [-0.1, -0.05) is 17.7 Å². The Morgan fingerprint density at radius 1 is 0.846 bits per heavy atom. The van der Waals surface area contributed by atoms with E-state index >= 15 is 0 Å². The van der Waals surface area contributed by atoms with Crippen LogP contribution in [0.2, 0.25) is 0 Å². The van der Waals surface area contributed by atoms with Gasteiger partial charge in [0, 0.05) is 37.7 Å². The Balaban J connectivity index is 1.50. The van der Waals surface area contributed by atoms with Crippen LogP contribution in [0.1, 0.15) is 41.6 Å². The fourth-order valence-electron chi connectivity index (χ4n) is 3.85. The Bertz CT molecular complexity index is 670. The molecule has 0 radical (unpaired) electrons. The van der Waals surface area contributed by atoms with Gasteiger partial charge < -0.3 is 14.9 Å². The molecule has 0 aromatic heterocycles. The molecule has 0 atom stereocenters. The summed E-state index contributed by atoms with van der Waals surface area (Å²) in [6.07, 6.45) is 2.46. The molecule has 2 aliphatic rings. The highest BCUT2D eigenvalue weighted by atomic mass is 16.4. The third-order valence-electron chi connectivity index (χ3n) is 5.60. The Kier molecular flexibility index (Phi) is 5.59. The van der Waals surface area contributed by atoms with Crippen LogP contribution in [0.15, 0.2) is 24.3 Å². The van der Waals surface area contributed by atoms with Gasteiger partial charge in [-0.3, -0.25) is 14.4 Å². The van der Waals surface area contributed by atoms with Crippen LogP contribution in [0.4, 0.5) is 0 Å². The zero-order valence-corrected chi connectivity index (χ0v) is 15.2. The maximum Gasteiger partial charge on any atom is 0.306 e. The minimum atomic E-state index is -0.751. The minimum absolute atomic E-state index is 0.0130. The number of aliphatic carboxylic acids is 1. The lowest BCUT2D eigenvalue weighted by Gasteiger charge is -2.37. The number of hydrogen-bond acceptors (Lipinski definition) is 3. The molecule has 2 amide bonds. The Morgan fingerprint density at radius 2 is 1.35 bits per heavy atom. The molecule has 0 spiro atoms. The van der Waals surface area contributed by atoms with Crippen molar-refractivity contribution >= 4 is 17.8 Å². The van der Waals surface area contributed by atoms with E-state index in [9.17, 15) is 14.4 Å². The number of benzene rings is 1. The van der Waals surface area contributed by atoms with Crippen LogP contribution in [0.5, 0.6) is 0 Å². The maximum atomic E-state index is 12.7. The van der Waals surface area contributed by atoms with Gasteiger partial charge >= 0.3 is 5.97 Å². The Morgan fingerprint density at radius 3 is 1.88 bits per heavy atom. The summed E-state index contributed by atoms with van der Waals surface area (Å²) < 4.78 is 0. The molecule has 1 N–H and O–H groups in total. The van der Waals surface area contributed by atoms with Crippen molar-refractivity contribution in [2.24, 2.45) is 11.8 Å². The molecule has 2 fully saturated rings. The lowest BCUT2D eigenvalue weighted by Crippen LogP contribution is -2.52. The van der Waals surface area contributed by atoms with Crippen LogP contribution < -0.4 is 0 Å². The lowest BCUT2D eigenvalue weighted by atomic mass is 9.81. The van der Waals surface area contributed by atoms with Crippen LogP contribution in [0, 0.1) is 18.8 Å². The first-order chi connectivity index (χ1) is 12.5. The second kappa shape index (κ2) is 7.89. The van der Waals surface area contributed by atoms with E-state index < -0.39 is 5.97 Å². The summed E-state index contributed by atoms with van der Waals surface area (Å²) in [5, 5.41) is 9.07. The van der Waals surface area contributed by atoms with Gasteiger partial charge in [-0.05, 0) is 44.7 Å². The molecule has 1 aliphatic carbocycles. The van der Waals surface area contributed by atoms with Crippen molar-refractivity contribution in [3.63, 3.8) is 0 Å². The molecule has 1 aromatic rings. The molecule has 1 heterocycles. The van der Waals surface area contributed by atoms with Crippen molar-refractivity contribution in [2.45, 2.75) is 32.6 Å². The predicted molar refractivity (Wildman–Crippen MR) is 96.7 cm³/mol. The SMILES string of the molecule is Cc1ccc(C(=O)N2CCN(C(=O)C3CCC(C(=O)O)CC3)CC2)cc1. The van der Waals surface area contributed by atoms with Gasteiger partial charge in [-0.2, -0.15) is 0 Å². The van der Waals surface area contributed by atoms with Crippen molar-refractivity contribution in [1.82, 2.24) is 9.80 Å². The van der Waals surface area contributed by atoms with E-state index in [0.29, 0.717) is 57.4 Å². The van der Waals surface area contributed by atoms with Gasteiger partial charge in [0.2, 0.25) is 5.91 Å². The fraction of sp³-hybridized carbons (Fsp3) is 0.550. The van der Waals surface area contributed by atoms with E-state index in [-0.39, 0.29) is 23.7 Å². The topological polar surface area (TPSA) is 77.9 Å². The molecule has 1 saturated carbocycles. The van der Waals surface area contributed by atoms with Crippen LogP contribution in [-0.2, 0) is 9.59 Å². The van der Waals surface area contributed by atoms with Gasteiger partial charge in [-0.15, -0.1) is 0 Å². The summed E-state index contributed by atoms with van der Waals surface area (Å²) in [4.78, 5) is 39.9. The smallest absolute Gasteiger partial charge is 0.306 e. The zero-order valence-electron chi connectivity index (χ0n) is 15.2. The van der Waals surface area contributed by atoms with Crippen molar-refractivity contribution in [2.75, 3.05) is 26.2 Å². The van der Waals surface area contributed by atoms with Crippen molar-refractivity contribution in [3.05, 3.63) is 35.4 Å². The molecule has 1 aliphatic heterocycles. The lowest BCUT2D eigenvalue weighted by molar-refractivity contribution is -0.146. The van der Waals surface area contributed by atoms with E-state index in [1.165, 1.54) is 0 Å². The molecular weight excluding hydrogens is 332 g/mol. The normalized spacial score (nSPS) is 23.6. The van der Waals surface area contributed by atoms with Crippen molar-refractivity contribution in [1.29, 1.82) is 0 Å². The van der Waals surface area contributed by atoms with Crippen LogP contribution in [0.25, 0.3) is 0 Å². The number of rotatable bonds is 3. The number of nitrogens with zero attached hydrogens (tertiary/aromatic N) is 2. The van der Waals surface area contributed by atoms with Crippen molar-refractivity contribution < 1.29 is 19.5 Å². The first-order valence-corrected chi connectivity index (χ1v) is 9.33. The highest BCUT2D eigenvalue weighted by Crippen LogP contribution is 2.30. The Labute approximate surface area is 153 Å². The highest BCUT2D eigenvalue weighted by molar-refractivity contribution is 5.94. The second-order valence-electron chi connectivity index (χ2n) is 7.37. The number of carboxylic acids is 1. The quantitative estimate of drug-likeness (QED) is 0.898. The number of hydrogen-bond donors (Lipinski definition) is 1. The first-order valence-electron chi connectivity index (χ1n) is 9.33. The average Bonchev–Trinajstić information content (AvgIpc) is 2.67. The molecule has 0 bridgehead atoms. The summed E-state index contributed by atoms with van der Waals surface area (Å²) in [6, 6.07) is 7.55. The molecule has 6 nitrogen and oxygen atoms in total. The Hall–Kier alpha value is -2.37. The summed E-state index contributed by atoms with van der Waals surface area (Å²) in [7, 11) is 0. The molecule has 1 aromatic carbocycles. The van der Waals surface area contributed by atoms with E-state index in [1.54, 1.807) is 4.90 Å². The molecule has 1 saturated heterocycles. The van der Waals surface area contributed by atoms with Gasteiger partial charge in [0.1, 0.15) is 0 Å². The van der Waals surface area contributed by atoms with Gasteiger partial charge in [0.15, 0.2) is 0 Å². The molecule has 26 heavy (non-hydrogen) atoms. The summed E-state index contributed by atoms with van der Waals surface area (Å²) in [6.45, 7) is 4.18. The minimum Gasteiger partial charge on any atom is -0.481 e. The third kappa shape index (κ3) is 4.06. The number of aryl methyl sites for hydroxylation is 1. The number of piperazine rings is 1. The predicted octanol–water partition coefficient (Wildman–Crippen LogP) is 2.17. The monoisotopic (exact) mass is 358 g/mol. The van der Waals surface area contributed by atoms with Gasteiger partial charge in [0.05, 0.1) is 5.92 Å². The summed E-state index contributed by atoms with van der Waals surface area (Å²) >= 11 is 0. The van der Waals surface area contributed by atoms with Crippen LogP contribution in [0.3, 0.4) is 0 Å². The number of amides is 2. The van der Waals surface area contributed by atoms with Crippen molar-refractivity contribution in [3.8, 4) is 0 Å². The molecular formula is C20H26N2O4. The van der Waals surface area contributed by atoms with E-state index in [1.807, 2.05) is 36.1 Å². The zero-order chi connectivity index (χ0) is 18.7. The van der Waals surface area contributed by atoms with Gasteiger partial charge in [0.25, 0.3) is 5.91 Å². The van der Waals surface area contributed by atoms with E-state index in [0.717, 1.165) is 5.56 Å². The summed E-state index contributed by atoms with van der Waals surface area (Å²) in [5.74, 6) is -0.984. The average molecular weight is 358 g/mol. The van der Waals surface area contributed by atoms with E-state index in [4.69, 9.17) is 5.11 Å². The second-order valence-corrected chi connectivity index (χ2v) is 7.37.